The maximum absolute atomic E-state index is 11.6. The van der Waals surface area contributed by atoms with Gasteiger partial charge in [0.15, 0.2) is 0 Å². The van der Waals surface area contributed by atoms with Crippen LogP contribution in [0, 0.1) is 0 Å². The minimum absolute atomic E-state index is 0.289. The van der Waals surface area contributed by atoms with Crippen molar-refractivity contribution in [2.75, 3.05) is 6.61 Å². The Hall–Kier alpha value is -2.20. The van der Waals surface area contributed by atoms with Crippen LogP contribution in [-0.2, 0) is 4.74 Å². The Morgan fingerprint density at radius 3 is 2.60 bits per heavy atom. The van der Waals surface area contributed by atoms with Gasteiger partial charge >= 0.3 is 5.97 Å². The molecule has 0 amide bonds. The lowest BCUT2D eigenvalue weighted by atomic mass is 10.1. The highest BCUT2D eigenvalue weighted by atomic mass is 32.1. The molecular weight excluding hydrogens is 270 g/mol. The second kappa shape index (κ2) is 5.43. The van der Waals surface area contributed by atoms with Crippen LogP contribution in [0.4, 0.5) is 0 Å². The van der Waals surface area contributed by atoms with Gasteiger partial charge in [-0.3, -0.25) is 0 Å². The van der Waals surface area contributed by atoms with Crippen LogP contribution >= 0.6 is 11.3 Å². The van der Waals surface area contributed by atoms with Gasteiger partial charge in [-0.15, -0.1) is 11.3 Å². The van der Waals surface area contributed by atoms with E-state index in [1.165, 1.54) is 0 Å². The maximum Gasteiger partial charge on any atom is 0.338 e. The Labute approximate surface area is 120 Å². The Balaban J connectivity index is 1.92. The molecule has 0 spiro atoms. The number of aromatic nitrogens is 1. The van der Waals surface area contributed by atoms with E-state index < -0.39 is 0 Å². The van der Waals surface area contributed by atoms with Crippen molar-refractivity contribution in [3.05, 3.63) is 54.1 Å². The lowest BCUT2D eigenvalue weighted by Crippen LogP contribution is -2.03. The summed E-state index contributed by atoms with van der Waals surface area (Å²) in [6.45, 7) is 2.19. The van der Waals surface area contributed by atoms with Gasteiger partial charge < -0.3 is 4.74 Å². The van der Waals surface area contributed by atoms with Gasteiger partial charge in [-0.2, -0.15) is 0 Å². The van der Waals surface area contributed by atoms with Crippen LogP contribution in [0.3, 0.4) is 0 Å². The van der Waals surface area contributed by atoms with Crippen molar-refractivity contribution in [3.63, 3.8) is 0 Å². The van der Waals surface area contributed by atoms with Crippen LogP contribution in [0.5, 0.6) is 0 Å². The summed E-state index contributed by atoms with van der Waals surface area (Å²) in [4.78, 5) is 16.2. The molecule has 3 aromatic rings. The molecule has 1 aromatic heterocycles. The van der Waals surface area contributed by atoms with Gasteiger partial charge in [-0.25, -0.2) is 9.78 Å². The third-order valence-electron chi connectivity index (χ3n) is 2.94. The zero-order valence-electron chi connectivity index (χ0n) is 11.0. The molecule has 0 fully saturated rings. The van der Waals surface area contributed by atoms with Crippen molar-refractivity contribution in [2.45, 2.75) is 6.92 Å². The number of para-hydroxylation sites is 1. The molecule has 4 heteroatoms. The third kappa shape index (κ3) is 2.42. The van der Waals surface area contributed by atoms with Crippen molar-refractivity contribution in [1.82, 2.24) is 4.98 Å². The second-order valence-electron chi connectivity index (χ2n) is 4.28. The first-order valence-corrected chi connectivity index (χ1v) is 7.22. The fraction of sp³-hybridized carbons (Fsp3) is 0.125. The van der Waals surface area contributed by atoms with E-state index in [2.05, 4.69) is 11.1 Å². The summed E-state index contributed by atoms with van der Waals surface area (Å²) >= 11 is 1.65. The van der Waals surface area contributed by atoms with Crippen molar-refractivity contribution in [2.24, 2.45) is 0 Å². The Kier molecular flexibility index (Phi) is 3.48. The lowest BCUT2D eigenvalue weighted by molar-refractivity contribution is 0.0526. The van der Waals surface area contributed by atoms with E-state index in [1.54, 1.807) is 30.4 Å². The van der Waals surface area contributed by atoms with Gasteiger partial charge in [0.25, 0.3) is 0 Å². The number of carbonyl (C=O) groups excluding carboxylic acids is 1. The third-order valence-corrected chi connectivity index (χ3v) is 4.02. The minimum Gasteiger partial charge on any atom is -0.462 e. The second-order valence-corrected chi connectivity index (χ2v) is 5.32. The molecule has 3 rings (SSSR count). The van der Waals surface area contributed by atoms with Crippen molar-refractivity contribution >= 4 is 27.5 Å². The predicted molar refractivity (Wildman–Crippen MR) is 81.0 cm³/mol. The summed E-state index contributed by atoms with van der Waals surface area (Å²) in [7, 11) is 0. The van der Waals surface area contributed by atoms with Gasteiger partial charge in [0.1, 0.15) is 5.01 Å². The van der Waals surface area contributed by atoms with Gasteiger partial charge in [-0.1, -0.05) is 24.3 Å². The number of ether oxygens (including phenoxy) is 1. The van der Waals surface area contributed by atoms with Gasteiger partial charge in [0.2, 0.25) is 0 Å². The summed E-state index contributed by atoms with van der Waals surface area (Å²) in [5.74, 6) is -0.289. The standard InChI is InChI=1S/C16H13NO2S/c1-2-19-16(18)12-9-7-11(8-10-12)15-17-13-5-3-4-6-14(13)20-15/h3-10H,2H2,1H3. The molecule has 0 bridgehead atoms. The molecule has 0 N–H and O–H groups in total. The molecule has 0 unspecified atom stereocenters. The van der Waals surface area contributed by atoms with E-state index >= 15 is 0 Å². The first-order valence-electron chi connectivity index (χ1n) is 6.41. The number of carbonyl (C=O) groups is 1. The zero-order chi connectivity index (χ0) is 13.9. The van der Waals surface area contributed by atoms with E-state index in [9.17, 15) is 4.79 Å². The van der Waals surface area contributed by atoms with Crippen molar-refractivity contribution in [1.29, 1.82) is 0 Å². The number of fused-ring (bicyclic) bond motifs is 1. The predicted octanol–water partition coefficient (Wildman–Crippen LogP) is 4.14. The summed E-state index contributed by atoms with van der Waals surface area (Å²) < 4.78 is 6.13. The summed E-state index contributed by atoms with van der Waals surface area (Å²) in [6.07, 6.45) is 0. The van der Waals surface area contributed by atoms with Crippen LogP contribution in [0.1, 0.15) is 17.3 Å². The summed E-state index contributed by atoms with van der Waals surface area (Å²) in [5.41, 5.74) is 2.58. The Morgan fingerprint density at radius 2 is 1.90 bits per heavy atom. The number of hydrogen-bond donors (Lipinski definition) is 0. The molecule has 0 radical (unpaired) electrons. The number of nitrogens with zero attached hydrogens (tertiary/aromatic N) is 1. The maximum atomic E-state index is 11.6. The zero-order valence-corrected chi connectivity index (χ0v) is 11.8. The van der Waals surface area contributed by atoms with Crippen LogP contribution in [-0.4, -0.2) is 17.6 Å². The molecule has 0 saturated heterocycles. The fourth-order valence-electron chi connectivity index (χ4n) is 1.96. The Bertz CT molecular complexity index is 714. The quantitative estimate of drug-likeness (QED) is 0.678. The lowest BCUT2D eigenvalue weighted by Gasteiger charge is -2.02. The average molecular weight is 283 g/mol. The minimum atomic E-state index is -0.289. The van der Waals surface area contributed by atoms with Crippen LogP contribution in [0.2, 0.25) is 0 Å². The summed E-state index contributed by atoms with van der Waals surface area (Å²) in [5, 5.41) is 0.960. The normalized spacial score (nSPS) is 10.7. The van der Waals surface area contributed by atoms with Crippen LogP contribution in [0.25, 0.3) is 20.8 Å². The molecule has 20 heavy (non-hydrogen) atoms. The molecule has 3 nitrogen and oxygen atoms in total. The van der Waals surface area contributed by atoms with E-state index in [4.69, 9.17) is 4.74 Å². The van der Waals surface area contributed by atoms with E-state index in [1.807, 2.05) is 30.3 Å². The molecule has 0 saturated carbocycles. The number of esters is 1. The van der Waals surface area contributed by atoms with Crippen LogP contribution < -0.4 is 0 Å². The van der Waals surface area contributed by atoms with Gasteiger partial charge in [-0.05, 0) is 31.2 Å². The smallest absolute Gasteiger partial charge is 0.338 e. The topological polar surface area (TPSA) is 39.2 Å². The number of hydrogen-bond acceptors (Lipinski definition) is 4. The molecule has 0 aliphatic rings. The highest BCUT2D eigenvalue weighted by Crippen LogP contribution is 2.29. The number of benzene rings is 2. The molecule has 2 aromatic carbocycles. The monoisotopic (exact) mass is 283 g/mol. The van der Waals surface area contributed by atoms with Crippen molar-refractivity contribution < 1.29 is 9.53 Å². The molecule has 0 aliphatic carbocycles. The fourth-order valence-corrected chi connectivity index (χ4v) is 2.93. The van der Waals surface area contributed by atoms with Gasteiger partial charge in [0, 0.05) is 5.56 Å². The first-order chi connectivity index (χ1) is 9.78. The van der Waals surface area contributed by atoms with Gasteiger partial charge in [0.05, 0.1) is 22.4 Å². The number of thiazole rings is 1. The first kappa shape index (κ1) is 12.8. The number of rotatable bonds is 3. The highest BCUT2D eigenvalue weighted by Gasteiger charge is 2.09. The van der Waals surface area contributed by atoms with E-state index in [0.717, 1.165) is 20.8 Å². The van der Waals surface area contributed by atoms with E-state index in [0.29, 0.717) is 12.2 Å². The highest BCUT2D eigenvalue weighted by molar-refractivity contribution is 7.21. The SMILES string of the molecule is CCOC(=O)c1ccc(-c2nc3ccccc3s2)cc1. The molecule has 0 aliphatic heterocycles. The Morgan fingerprint density at radius 1 is 1.15 bits per heavy atom. The largest absolute Gasteiger partial charge is 0.462 e. The molecule has 0 atom stereocenters. The van der Waals surface area contributed by atoms with Crippen molar-refractivity contribution in [3.8, 4) is 10.6 Å². The summed E-state index contributed by atoms with van der Waals surface area (Å²) in [6, 6.07) is 15.4. The molecule has 100 valence electrons. The average Bonchev–Trinajstić information content (AvgIpc) is 2.91. The molecule has 1 heterocycles. The van der Waals surface area contributed by atoms with Crippen LogP contribution in [0.15, 0.2) is 48.5 Å². The molecular formula is C16H13NO2S. The van der Waals surface area contributed by atoms with E-state index in [-0.39, 0.29) is 5.97 Å².